The van der Waals surface area contributed by atoms with Crippen LogP contribution in [-0.2, 0) is 0 Å². The number of ether oxygens (including phenoxy) is 1. The first kappa shape index (κ1) is 10.9. The summed E-state index contributed by atoms with van der Waals surface area (Å²) in [5.74, 6) is 1.23. The SMILES string of the molecule is Cc1ccc(Oc2ccnc(Cl)n2)c(C)c1. The van der Waals surface area contributed by atoms with E-state index in [0.29, 0.717) is 5.88 Å². The van der Waals surface area contributed by atoms with Crippen molar-refractivity contribution in [1.82, 2.24) is 9.97 Å². The van der Waals surface area contributed by atoms with E-state index in [-0.39, 0.29) is 5.28 Å². The molecule has 82 valence electrons. The predicted molar refractivity (Wildman–Crippen MR) is 63.0 cm³/mol. The smallest absolute Gasteiger partial charge is 0.225 e. The third-order valence-corrected chi connectivity index (χ3v) is 2.33. The second-order valence-corrected chi connectivity index (χ2v) is 3.87. The number of benzene rings is 1. The van der Waals surface area contributed by atoms with Crippen LogP contribution < -0.4 is 4.74 Å². The fourth-order valence-electron chi connectivity index (χ4n) is 1.40. The average Bonchev–Trinajstić information content (AvgIpc) is 2.22. The molecule has 2 rings (SSSR count). The summed E-state index contributed by atoms with van der Waals surface area (Å²) in [5.41, 5.74) is 2.26. The molecule has 0 saturated carbocycles. The van der Waals surface area contributed by atoms with Gasteiger partial charge in [0.05, 0.1) is 0 Å². The van der Waals surface area contributed by atoms with Gasteiger partial charge >= 0.3 is 0 Å². The third-order valence-electron chi connectivity index (χ3n) is 2.15. The fraction of sp³-hybridized carbons (Fsp3) is 0.167. The summed E-state index contributed by atoms with van der Waals surface area (Å²) in [4.78, 5) is 7.76. The van der Waals surface area contributed by atoms with E-state index in [2.05, 4.69) is 16.0 Å². The lowest BCUT2D eigenvalue weighted by atomic mass is 10.1. The first-order valence-corrected chi connectivity index (χ1v) is 5.26. The van der Waals surface area contributed by atoms with Crippen molar-refractivity contribution in [1.29, 1.82) is 0 Å². The van der Waals surface area contributed by atoms with Gasteiger partial charge in [-0.2, -0.15) is 4.98 Å². The zero-order chi connectivity index (χ0) is 11.5. The predicted octanol–water partition coefficient (Wildman–Crippen LogP) is 3.54. The van der Waals surface area contributed by atoms with Crippen molar-refractivity contribution in [2.45, 2.75) is 13.8 Å². The molecule has 0 amide bonds. The van der Waals surface area contributed by atoms with Crippen molar-refractivity contribution in [2.75, 3.05) is 0 Å². The molecule has 0 spiro atoms. The molecule has 1 aromatic carbocycles. The monoisotopic (exact) mass is 234 g/mol. The molecule has 0 aliphatic rings. The maximum absolute atomic E-state index is 5.67. The maximum Gasteiger partial charge on any atom is 0.225 e. The van der Waals surface area contributed by atoms with Gasteiger partial charge in [0.15, 0.2) is 0 Å². The van der Waals surface area contributed by atoms with Crippen molar-refractivity contribution in [2.24, 2.45) is 0 Å². The summed E-state index contributed by atoms with van der Waals surface area (Å²) in [7, 11) is 0. The molecule has 0 radical (unpaired) electrons. The zero-order valence-corrected chi connectivity index (χ0v) is 9.82. The Balaban J connectivity index is 2.27. The number of hydrogen-bond acceptors (Lipinski definition) is 3. The van der Waals surface area contributed by atoms with Gasteiger partial charge in [0.2, 0.25) is 11.2 Å². The molecule has 0 aliphatic heterocycles. The van der Waals surface area contributed by atoms with E-state index in [1.165, 1.54) is 5.56 Å². The minimum absolute atomic E-state index is 0.183. The highest BCUT2D eigenvalue weighted by atomic mass is 35.5. The van der Waals surface area contributed by atoms with Gasteiger partial charge < -0.3 is 4.74 Å². The topological polar surface area (TPSA) is 35.0 Å². The van der Waals surface area contributed by atoms with Crippen LogP contribution in [-0.4, -0.2) is 9.97 Å². The molecule has 4 heteroatoms. The van der Waals surface area contributed by atoms with Gasteiger partial charge in [-0.1, -0.05) is 17.7 Å². The molecule has 0 unspecified atom stereocenters. The summed E-state index contributed by atoms with van der Waals surface area (Å²) < 4.78 is 5.61. The van der Waals surface area contributed by atoms with E-state index in [9.17, 15) is 0 Å². The molecule has 0 fully saturated rings. The number of aryl methyl sites for hydroxylation is 2. The van der Waals surface area contributed by atoms with Crippen LogP contribution in [0.25, 0.3) is 0 Å². The Hall–Kier alpha value is -1.61. The van der Waals surface area contributed by atoms with Crippen LogP contribution in [0, 0.1) is 13.8 Å². The quantitative estimate of drug-likeness (QED) is 0.746. The molecule has 0 aliphatic carbocycles. The van der Waals surface area contributed by atoms with Crippen molar-refractivity contribution in [3.05, 3.63) is 46.9 Å². The van der Waals surface area contributed by atoms with Gasteiger partial charge in [-0.25, -0.2) is 4.98 Å². The van der Waals surface area contributed by atoms with Crippen molar-refractivity contribution < 1.29 is 4.74 Å². The lowest BCUT2D eigenvalue weighted by Crippen LogP contribution is -1.91. The molecular weight excluding hydrogens is 224 g/mol. The van der Waals surface area contributed by atoms with Gasteiger partial charge in [-0.15, -0.1) is 0 Å². The molecule has 0 N–H and O–H groups in total. The van der Waals surface area contributed by atoms with E-state index in [1.54, 1.807) is 12.3 Å². The van der Waals surface area contributed by atoms with Crippen molar-refractivity contribution >= 4 is 11.6 Å². The Bertz CT molecular complexity index is 514. The second-order valence-electron chi connectivity index (χ2n) is 3.53. The lowest BCUT2D eigenvalue weighted by molar-refractivity contribution is 0.458. The maximum atomic E-state index is 5.67. The Morgan fingerprint density at radius 2 is 2.00 bits per heavy atom. The van der Waals surface area contributed by atoms with Gasteiger partial charge in [0.1, 0.15) is 5.75 Å². The highest BCUT2D eigenvalue weighted by Crippen LogP contribution is 2.24. The number of hydrogen-bond donors (Lipinski definition) is 0. The van der Waals surface area contributed by atoms with E-state index in [0.717, 1.165) is 11.3 Å². The standard InChI is InChI=1S/C12H11ClN2O/c1-8-3-4-10(9(2)7-8)16-11-5-6-14-12(13)15-11/h3-7H,1-2H3. The summed E-state index contributed by atoms with van der Waals surface area (Å²) >= 11 is 5.67. The molecule has 0 atom stereocenters. The van der Waals surface area contributed by atoms with Crippen LogP contribution >= 0.6 is 11.6 Å². The molecule has 0 bridgehead atoms. The number of rotatable bonds is 2. The zero-order valence-electron chi connectivity index (χ0n) is 9.07. The van der Waals surface area contributed by atoms with Gasteiger partial charge in [-0.05, 0) is 37.1 Å². The fourth-order valence-corrected chi connectivity index (χ4v) is 1.54. The summed E-state index contributed by atoms with van der Waals surface area (Å²) in [5, 5.41) is 0.183. The molecule has 2 aromatic rings. The van der Waals surface area contributed by atoms with Crippen LogP contribution in [0.4, 0.5) is 0 Å². The third kappa shape index (κ3) is 2.49. The number of halogens is 1. The van der Waals surface area contributed by atoms with Crippen LogP contribution in [0.5, 0.6) is 11.6 Å². The second kappa shape index (κ2) is 4.49. The molecule has 1 heterocycles. The molecule has 16 heavy (non-hydrogen) atoms. The van der Waals surface area contributed by atoms with Crippen molar-refractivity contribution in [3.63, 3.8) is 0 Å². The molecule has 3 nitrogen and oxygen atoms in total. The minimum Gasteiger partial charge on any atom is -0.439 e. The van der Waals surface area contributed by atoms with Gasteiger partial charge in [0, 0.05) is 12.3 Å². The summed E-state index contributed by atoms with van der Waals surface area (Å²) in [6.45, 7) is 4.03. The molecule has 1 aromatic heterocycles. The molecule has 0 saturated heterocycles. The van der Waals surface area contributed by atoms with Crippen LogP contribution in [0.2, 0.25) is 5.28 Å². The average molecular weight is 235 g/mol. The largest absolute Gasteiger partial charge is 0.439 e. The summed E-state index contributed by atoms with van der Waals surface area (Å²) in [6.07, 6.45) is 1.56. The van der Waals surface area contributed by atoms with Gasteiger partial charge in [-0.3, -0.25) is 0 Å². The Morgan fingerprint density at radius 1 is 1.19 bits per heavy atom. The first-order valence-electron chi connectivity index (χ1n) is 4.89. The van der Waals surface area contributed by atoms with E-state index < -0.39 is 0 Å². The first-order chi connectivity index (χ1) is 7.65. The number of aromatic nitrogens is 2. The Morgan fingerprint density at radius 3 is 2.69 bits per heavy atom. The lowest BCUT2D eigenvalue weighted by Gasteiger charge is -2.08. The van der Waals surface area contributed by atoms with Crippen LogP contribution in [0.15, 0.2) is 30.5 Å². The van der Waals surface area contributed by atoms with Crippen LogP contribution in [0.1, 0.15) is 11.1 Å². The Kier molecular flexibility index (Phi) is 3.06. The van der Waals surface area contributed by atoms with Crippen molar-refractivity contribution in [3.8, 4) is 11.6 Å². The molecular formula is C12H11ClN2O. The van der Waals surface area contributed by atoms with E-state index in [4.69, 9.17) is 16.3 Å². The normalized spacial score (nSPS) is 10.2. The highest BCUT2D eigenvalue weighted by molar-refractivity contribution is 6.28. The van der Waals surface area contributed by atoms with Gasteiger partial charge in [0.25, 0.3) is 0 Å². The highest BCUT2D eigenvalue weighted by Gasteiger charge is 2.03. The van der Waals surface area contributed by atoms with E-state index >= 15 is 0 Å². The van der Waals surface area contributed by atoms with Crippen LogP contribution in [0.3, 0.4) is 0 Å². The Labute approximate surface area is 99.1 Å². The number of nitrogens with zero attached hydrogens (tertiary/aromatic N) is 2. The minimum atomic E-state index is 0.183. The van der Waals surface area contributed by atoms with E-state index in [1.807, 2.05) is 26.0 Å². The summed E-state index contributed by atoms with van der Waals surface area (Å²) in [6, 6.07) is 7.63.